The Morgan fingerprint density at radius 2 is 0.972 bits per heavy atom. The lowest BCUT2D eigenvalue weighted by atomic mass is 9.87. The minimum absolute atomic E-state index is 0.0679. The lowest BCUT2D eigenvalue weighted by Crippen LogP contribution is -2.52. The molecule has 0 aromatic heterocycles. The minimum Gasteiger partial charge on any atom is -0.480 e. The molecule has 0 bridgehead atoms. The monoisotopic (exact) mass is 516 g/mol. The van der Waals surface area contributed by atoms with Gasteiger partial charge in [-0.2, -0.15) is 0 Å². The van der Waals surface area contributed by atoms with Gasteiger partial charge in [0.2, 0.25) is 0 Å². The van der Waals surface area contributed by atoms with Gasteiger partial charge in [0.05, 0.1) is 19.6 Å². The molecule has 0 saturated carbocycles. The van der Waals surface area contributed by atoms with Crippen LogP contribution in [-0.2, 0) is 24.0 Å². The fourth-order valence-corrected chi connectivity index (χ4v) is 4.02. The zero-order chi connectivity index (χ0) is 27.5. The van der Waals surface area contributed by atoms with Crippen LogP contribution in [0, 0.1) is 5.41 Å². The number of hydrogen-bond acceptors (Lipinski definition) is 9. The smallest absolute Gasteiger partial charge is 0.320 e. The Morgan fingerprint density at radius 1 is 0.639 bits per heavy atom. The molecule has 1 aliphatic heterocycles. The van der Waals surface area contributed by atoms with Crippen LogP contribution in [0.5, 0.6) is 0 Å². The van der Waals surface area contributed by atoms with E-state index in [2.05, 4.69) is 0 Å². The highest BCUT2D eigenvalue weighted by molar-refractivity contribution is 5.84. The Balaban J connectivity index is 3.15. The van der Waals surface area contributed by atoms with Crippen molar-refractivity contribution in [2.75, 3.05) is 72.0 Å². The molecule has 13 nitrogen and oxygen atoms in total. The largest absolute Gasteiger partial charge is 0.480 e. The summed E-state index contributed by atoms with van der Waals surface area (Å²) in [5, 5.41) is 37.8. The van der Waals surface area contributed by atoms with Crippen LogP contribution in [0.4, 0.5) is 0 Å². The maximum Gasteiger partial charge on any atom is 0.320 e. The van der Waals surface area contributed by atoms with E-state index in [0.29, 0.717) is 0 Å². The van der Waals surface area contributed by atoms with Crippen molar-refractivity contribution in [3.63, 3.8) is 0 Å². The van der Waals surface area contributed by atoms with E-state index in [1.165, 1.54) is 0 Å². The first kappa shape index (κ1) is 31.4. The summed E-state index contributed by atoms with van der Waals surface area (Å²) < 4.78 is 0. The second-order valence-corrected chi connectivity index (χ2v) is 10.1. The number of carbonyl (C=O) groups excluding carboxylic acids is 1. The molecule has 1 fully saturated rings. The summed E-state index contributed by atoms with van der Waals surface area (Å²) in [5.41, 5.74) is -0.608. The summed E-state index contributed by atoms with van der Waals surface area (Å²) in [5.74, 6) is -4.34. The Morgan fingerprint density at radius 3 is 1.25 bits per heavy atom. The van der Waals surface area contributed by atoms with Crippen molar-refractivity contribution in [1.82, 2.24) is 19.6 Å². The quantitative estimate of drug-likeness (QED) is 0.271. The molecule has 1 rings (SSSR count). The van der Waals surface area contributed by atoms with Crippen LogP contribution in [0.15, 0.2) is 0 Å². The topological polar surface area (TPSA) is 179 Å². The number of rotatable bonds is 11. The van der Waals surface area contributed by atoms with Gasteiger partial charge in [-0.15, -0.1) is 0 Å². The lowest BCUT2D eigenvalue weighted by Gasteiger charge is -2.35. The molecule has 1 saturated heterocycles. The standard InChI is InChI=1S/C23H40N4O9/c1-23(2,3)18(28)5-4-17(22(35)36)27-12-10-25(15-20(31)32)8-6-24(14-19(29)30)7-9-26(11-13-27)16-21(33)34/h17H,4-16H2,1-3H3,(H,29,30)(H,31,32)(H,33,34)(H,35,36). The average molecular weight is 517 g/mol. The van der Waals surface area contributed by atoms with Crippen LogP contribution in [-0.4, -0.2) is 148 Å². The first-order valence-corrected chi connectivity index (χ1v) is 12.0. The molecule has 0 aromatic rings. The number of nitrogens with zero attached hydrogens (tertiary/aromatic N) is 4. The summed E-state index contributed by atoms with van der Waals surface area (Å²) in [7, 11) is 0. The first-order chi connectivity index (χ1) is 16.7. The van der Waals surface area contributed by atoms with Crippen LogP contribution in [0.2, 0.25) is 0 Å². The molecule has 0 aromatic carbocycles. The van der Waals surface area contributed by atoms with Gasteiger partial charge in [0.25, 0.3) is 0 Å². The predicted molar refractivity (Wildman–Crippen MR) is 129 cm³/mol. The average Bonchev–Trinajstić information content (AvgIpc) is 2.72. The second-order valence-electron chi connectivity index (χ2n) is 10.1. The normalized spacial score (nSPS) is 19.1. The van der Waals surface area contributed by atoms with Crippen LogP contribution in [0.1, 0.15) is 33.6 Å². The Hall–Kier alpha value is -2.61. The molecular formula is C23H40N4O9. The Bertz CT molecular complexity index is 752. The van der Waals surface area contributed by atoms with E-state index in [1.807, 2.05) is 0 Å². The van der Waals surface area contributed by atoms with Crippen molar-refractivity contribution < 1.29 is 44.4 Å². The zero-order valence-corrected chi connectivity index (χ0v) is 21.4. The van der Waals surface area contributed by atoms with Gasteiger partial charge in [-0.25, -0.2) is 0 Å². The second kappa shape index (κ2) is 14.8. The number of hydrogen-bond donors (Lipinski definition) is 4. The SMILES string of the molecule is CC(C)(C)C(=O)CCC(C(=O)O)N1CCN(CC(=O)O)CCN(CC(=O)O)CCN(CC(=O)O)CC1. The van der Waals surface area contributed by atoms with Crippen molar-refractivity contribution >= 4 is 29.7 Å². The van der Waals surface area contributed by atoms with Gasteiger partial charge in [0, 0.05) is 64.2 Å². The molecule has 0 aliphatic carbocycles. The van der Waals surface area contributed by atoms with Gasteiger partial charge in [0.1, 0.15) is 11.8 Å². The van der Waals surface area contributed by atoms with Gasteiger partial charge in [-0.05, 0) is 6.42 Å². The van der Waals surface area contributed by atoms with E-state index in [1.54, 1.807) is 40.4 Å². The molecule has 36 heavy (non-hydrogen) atoms. The van der Waals surface area contributed by atoms with Crippen molar-refractivity contribution in [1.29, 1.82) is 0 Å². The van der Waals surface area contributed by atoms with E-state index in [-0.39, 0.29) is 90.6 Å². The van der Waals surface area contributed by atoms with Crippen molar-refractivity contribution in [2.24, 2.45) is 5.41 Å². The molecule has 1 heterocycles. The molecule has 0 radical (unpaired) electrons. The van der Waals surface area contributed by atoms with Crippen molar-refractivity contribution in [2.45, 2.75) is 39.7 Å². The minimum atomic E-state index is -1.11. The van der Waals surface area contributed by atoms with Gasteiger partial charge < -0.3 is 20.4 Å². The number of carbonyl (C=O) groups is 5. The number of Topliss-reactive ketones (excluding diaryl/α,β-unsaturated/α-hetero) is 1. The third-order valence-corrected chi connectivity index (χ3v) is 6.16. The maximum atomic E-state index is 12.4. The highest BCUT2D eigenvalue weighted by atomic mass is 16.4. The summed E-state index contributed by atoms with van der Waals surface area (Å²) in [4.78, 5) is 65.2. The van der Waals surface area contributed by atoms with E-state index in [9.17, 15) is 44.4 Å². The van der Waals surface area contributed by atoms with E-state index < -0.39 is 35.3 Å². The summed E-state index contributed by atoms with van der Waals surface area (Å²) in [6.45, 7) is 6.24. The fourth-order valence-electron chi connectivity index (χ4n) is 4.02. The van der Waals surface area contributed by atoms with E-state index in [4.69, 9.17) is 0 Å². The molecule has 1 aliphatic rings. The van der Waals surface area contributed by atoms with Gasteiger partial charge in [-0.3, -0.25) is 43.6 Å². The molecule has 4 N–H and O–H groups in total. The molecule has 13 heteroatoms. The maximum absolute atomic E-state index is 12.4. The molecule has 0 amide bonds. The number of carboxylic acids is 4. The zero-order valence-electron chi connectivity index (χ0n) is 21.4. The number of aliphatic carboxylic acids is 4. The fraction of sp³-hybridized carbons (Fsp3) is 0.783. The molecule has 1 unspecified atom stereocenters. The highest BCUT2D eigenvalue weighted by Crippen LogP contribution is 2.20. The van der Waals surface area contributed by atoms with Crippen molar-refractivity contribution in [3.8, 4) is 0 Å². The molecule has 1 atom stereocenters. The molecule has 206 valence electrons. The number of carboxylic acid groups (broad SMARTS) is 4. The van der Waals surface area contributed by atoms with Crippen LogP contribution >= 0.6 is 0 Å². The number of ketones is 1. The highest BCUT2D eigenvalue weighted by Gasteiger charge is 2.30. The van der Waals surface area contributed by atoms with Crippen LogP contribution < -0.4 is 0 Å². The summed E-state index contributed by atoms with van der Waals surface area (Å²) in [6.07, 6.45) is 0.147. The summed E-state index contributed by atoms with van der Waals surface area (Å²) in [6, 6.07) is -0.999. The third-order valence-electron chi connectivity index (χ3n) is 6.16. The Kier molecular flexibility index (Phi) is 12.9. The van der Waals surface area contributed by atoms with E-state index >= 15 is 0 Å². The molecular weight excluding hydrogens is 476 g/mol. The van der Waals surface area contributed by atoms with Crippen LogP contribution in [0.25, 0.3) is 0 Å². The van der Waals surface area contributed by atoms with Crippen molar-refractivity contribution in [3.05, 3.63) is 0 Å². The first-order valence-electron chi connectivity index (χ1n) is 12.0. The third kappa shape index (κ3) is 12.4. The van der Waals surface area contributed by atoms with E-state index in [0.717, 1.165) is 0 Å². The molecule has 0 spiro atoms. The van der Waals surface area contributed by atoms with Gasteiger partial charge >= 0.3 is 23.9 Å². The van der Waals surface area contributed by atoms with Crippen LogP contribution in [0.3, 0.4) is 0 Å². The Labute approximate surface area is 211 Å². The van der Waals surface area contributed by atoms with Gasteiger partial charge in [-0.1, -0.05) is 20.8 Å². The predicted octanol–water partition coefficient (Wildman–Crippen LogP) is -0.690. The summed E-state index contributed by atoms with van der Waals surface area (Å²) >= 11 is 0. The van der Waals surface area contributed by atoms with Gasteiger partial charge in [0.15, 0.2) is 0 Å². The lowest BCUT2D eigenvalue weighted by molar-refractivity contribution is -0.145.